The van der Waals surface area contributed by atoms with Crippen molar-refractivity contribution in [3.8, 4) is 5.75 Å². The van der Waals surface area contributed by atoms with Gasteiger partial charge >= 0.3 is 0 Å². The molecule has 2 rings (SSSR count). The van der Waals surface area contributed by atoms with Crippen LogP contribution in [0.25, 0.3) is 0 Å². The number of benzene rings is 2. The van der Waals surface area contributed by atoms with E-state index in [1.165, 1.54) is 0 Å². The Morgan fingerprint density at radius 1 is 1.09 bits per heavy atom. The lowest BCUT2D eigenvalue weighted by molar-refractivity contribution is 0.103. The Morgan fingerprint density at radius 2 is 1.78 bits per heavy atom. The second-order valence-electron chi connectivity index (χ2n) is 6.48. The molecule has 0 saturated carbocycles. The number of rotatable bonds is 5. The number of ketones is 1. The van der Waals surface area contributed by atoms with E-state index in [0.29, 0.717) is 16.8 Å². The molecule has 23 heavy (non-hydrogen) atoms. The first-order chi connectivity index (χ1) is 10.8. The van der Waals surface area contributed by atoms with Gasteiger partial charge in [0.1, 0.15) is 5.75 Å². The number of carbonyl (C=O) groups is 1. The van der Waals surface area contributed by atoms with E-state index in [4.69, 9.17) is 10.5 Å². The summed E-state index contributed by atoms with van der Waals surface area (Å²) < 4.78 is 5.92. The van der Waals surface area contributed by atoms with Crippen LogP contribution in [-0.2, 0) is 0 Å². The molecule has 0 heterocycles. The van der Waals surface area contributed by atoms with Gasteiger partial charge in [0, 0.05) is 16.8 Å². The Morgan fingerprint density at radius 3 is 2.35 bits per heavy atom. The number of aryl methyl sites for hydroxylation is 1. The molecule has 2 aromatic carbocycles. The van der Waals surface area contributed by atoms with Crippen LogP contribution in [0.2, 0.25) is 0 Å². The molecule has 0 aliphatic rings. The van der Waals surface area contributed by atoms with E-state index < -0.39 is 0 Å². The fourth-order valence-corrected chi connectivity index (χ4v) is 2.59. The van der Waals surface area contributed by atoms with Crippen molar-refractivity contribution in [2.75, 3.05) is 5.73 Å². The third-order valence-electron chi connectivity index (χ3n) is 3.73. The van der Waals surface area contributed by atoms with Crippen molar-refractivity contribution < 1.29 is 9.53 Å². The average Bonchev–Trinajstić information content (AvgIpc) is 2.45. The van der Waals surface area contributed by atoms with Crippen molar-refractivity contribution in [3.05, 3.63) is 58.7 Å². The Bertz CT molecular complexity index is 718. The topological polar surface area (TPSA) is 52.3 Å². The molecule has 0 amide bonds. The molecule has 0 saturated heterocycles. The molecular weight excluding hydrogens is 286 g/mol. The maximum Gasteiger partial charge on any atom is 0.193 e. The second-order valence-corrected chi connectivity index (χ2v) is 6.48. The fraction of sp³-hybridized carbons (Fsp3) is 0.350. The van der Waals surface area contributed by atoms with Gasteiger partial charge in [-0.1, -0.05) is 26.0 Å². The largest absolute Gasteiger partial charge is 0.491 e. The van der Waals surface area contributed by atoms with Crippen LogP contribution in [0.5, 0.6) is 5.75 Å². The monoisotopic (exact) mass is 311 g/mol. The third-order valence-corrected chi connectivity index (χ3v) is 3.73. The minimum atomic E-state index is -0.00667. The van der Waals surface area contributed by atoms with E-state index >= 15 is 0 Å². The molecule has 2 N–H and O–H groups in total. The van der Waals surface area contributed by atoms with Crippen LogP contribution in [-0.4, -0.2) is 11.9 Å². The highest BCUT2D eigenvalue weighted by Crippen LogP contribution is 2.31. The van der Waals surface area contributed by atoms with E-state index in [-0.39, 0.29) is 17.8 Å². The second kappa shape index (κ2) is 6.86. The molecule has 0 spiro atoms. The minimum absolute atomic E-state index is 0.00667. The molecule has 0 radical (unpaired) electrons. The lowest BCUT2D eigenvalue weighted by atomic mass is 9.92. The van der Waals surface area contributed by atoms with Crippen LogP contribution in [0, 0.1) is 6.92 Å². The molecule has 3 nitrogen and oxygen atoms in total. The molecule has 2 aromatic rings. The van der Waals surface area contributed by atoms with Crippen molar-refractivity contribution >= 4 is 11.5 Å². The molecule has 122 valence electrons. The molecular formula is C20H25NO2. The molecule has 0 aromatic heterocycles. The first-order valence-corrected chi connectivity index (χ1v) is 8.01. The van der Waals surface area contributed by atoms with E-state index in [9.17, 15) is 4.79 Å². The number of carbonyl (C=O) groups excluding carboxylic acids is 1. The van der Waals surface area contributed by atoms with E-state index in [1.54, 1.807) is 24.3 Å². The summed E-state index contributed by atoms with van der Waals surface area (Å²) in [6.45, 7) is 10.2. The Balaban J connectivity index is 2.50. The van der Waals surface area contributed by atoms with Gasteiger partial charge in [-0.15, -0.1) is 0 Å². The van der Waals surface area contributed by atoms with Gasteiger partial charge in [0.25, 0.3) is 0 Å². The summed E-state index contributed by atoms with van der Waals surface area (Å²) in [7, 11) is 0. The van der Waals surface area contributed by atoms with Crippen molar-refractivity contribution in [1.82, 2.24) is 0 Å². The molecule has 0 unspecified atom stereocenters. The van der Waals surface area contributed by atoms with Crippen LogP contribution in [0.1, 0.15) is 60.7 Å². The number of nitrogen functional groups attached to an aromatic ring is 1. The highest BCUT2D eigenvalue weighted by atomic mass is 16.5. The fourth-order valence-electron chi connectivity index (χ4n) is 2.59. The quantitative estimate of drug-likeness (QED) is 0.642. The molecule has 3 heteroatoms. The maximum absolute atomic E-state index is 12.8. The van der Waals surface area contributed by atoms with Crippen molar-refractivity contribution in [2.24, 2.45) is 0 Å². The average molecular weight is 311 g/mol. The molecule has 0 fully saturated rings. The van der Waals surface area contributed by atoms with E-state index in [0.717, 1.165) is 16.9 Å². The van der Waals surface area contributed by atoms with Crippen LogP contribution in [0.15, 0.2) is 36.4 Å². The molecule has 0 bridgehead atoms. The third kappa shape index (κ3) is 3.92. The number of hydrogen-bond donors (Lipinski definition) is 1. The summed E-state index contributed by atoms with van der Waals surface area (Å²) >= 11 is 0. The summed E-state index contributed by atoms with van der Waals surface area (Å²) in [5.74, 6) is 1.13. The van der Waals surface area contributed by atoms with Gasteiger partial charge in [-0.25, -0.2) is 0 Å². The first-order valence-electron chi connectivity index (χ1n) is 8.01. The van der Waals surface area contributed by atoms with Crippen LogP contribution < -0.4 is 10.5 Å². The predicted molar refractivity (Wildman–Crippen MR) is 95.3 cm³/mol. The maximum atomic E-state index is 12.8. The van der Waals surface area contributed by atoms with Gasteiger partial charge in [0.2, 0.25) is 0 Å². The summed E-state index contributed by atoms with van der Waals surface area (Å²) in [4.78, 5) is 12.8. The zero-order valence-electron chi connectivity index (χ0n) is 14.5. The summed E-state index contributed by atoms with van der Waals surface area (Å²) in [6.07, 6.45) is 0.0994. The van der Waals surface area contributed by atoms with E-state index in [2.05, 4.69) is 13.8 Å². The Hall–Kier alpha value is -2.29. The number of nitrogens with two attached hydrogens (primary N) is 1. The minimum Gasteiger partial charge on any atom is -0.491 e. The van der Waals surface area contributed by atoms with Gasteiger partial charge in [-0.05, 0) is 62.1 Å². The summed E-state index contributed by atoms with van der Waals surface area (Å²) in [6, 6.07) is 11.0. The summed E-state index contributed by atoms with van der Waals surface area (Å²) in [5.41, 5.74) is 9.67. The molecule has 0 aliphatic carbocycles. The SMILES string of the molecule is Cc1cc(OC(C)C)c(C(C)C)cc1C(=O)c1cccc(N)c1. The van der Waals surface area contributed by atoms with Gasteiger partial charge < -0.3 is 10.5 Å². The van der Waals surface area contributed by atoms with Gasteiger partial charge in [-0.2, -0.15) is 0 Å². The van der Waals surface area contributed by atoms with E-state index in [1.807, 2.05) is 32.9 Å². The number of hydrogen-bond acceptors (Lipinski definition) is 3. The number of anilines is 1. The number of ether oxygens (including phenoxy) is 1. The first kappa shape index (κ1) is 17.1. The lowest BCUT2D eigenvalue weighted by Crippen LogP contribution is -2.11. The Kier molecular flexibility index (Phi) is 5.09. The van der Waals surface area contributed by atoms with Crippen molar-refractivity contribution in [3.63, 3.8) is 0 Å². The zero-order valence-corrected chi connectivity index (χ0v) is 14.5. The van der Waals surface area contributed by atoms with Crippen LogP contribution in [0.3, 0.4) is 0 Å². The van der Waals surface area contributed by atoms with Crippen LogP contribution >= 0.6 is 0 Å². The summed E-state index contributed by atoms with van der Waals surface area (Å²) in [5, 5.41) is 0. The zero-order chi connectivity index (χ0) is 17.1. The Labute approximate surface area is 138 Å². The van der Waals surface area contributed by atoms with Gasteiger partial charge in [0.15, 0.2) is 5.78 Å². The highest BCUT2D eigenvalue weighted by Gasteiger charge is 2.18. The van der Waals surface area contributed by atoms with Crippen molar-refractivity contribution in [1.29, 1.82) is 0 Å². The lowest BCUT2D eigenvalue weighted by Gasteiger charge is -2.19. The smallest absolute Gasteiger partial charge is 0.193 e. The molecule has 0 atom stereocenters. The van der Waals surface area contributed by atoms with Gasteiger partial charge in [0.05, 0.1) is 6.10 Å². The normalized spacial score (nSPS) is 11.1. The van der Waals surface area contributed by atoms with Crippen molar-refractivity contribution in [2.45, 2.75) is 46.6 Å². The van der Waals surface area contributed by atoms with Gasteiger partial charge in [-0.3, -0.25) is 4.79 Å². The molecule has 0 aliphatic heterocycles. The highest BCUT2D eigenvalue weighted by molar-refractivity contribution is 6.10. The predicted octanol–water partition coefficient (Wildman–Crippen LogP) is 4.72. The van der Waals surface area contributed by atoms with Crippen LogP contribution in [0.4, 0.5) is 5.69 Å². The standard InChI is InChI=1S/C20H25NO2/c1-12(2)17-11-18(14(5)9-19(17)23-13(3)4)20(22)15-7-6-8-16(21)10-15/h6-13H,21H2,1-5H3.